The molecule has 0 saturated carbocycles. The summed E-state index contributed by atoms with van der Waals surface area (Å²) in [7, 11) is -2.28. The summed E-state index contributed by atoms with van der Waals surface area (Å²) in [5.41, 5.74) is 0. The van der Waals surface area contributed by atoms with Gasteiger partial charge < -0.3 is 10.1 Å². The van der Waals surface area contributed by atoms with Gasteiger partial charge in [-0.3, -0.25) is 9.89 Å². The van der Waals surface area contributed by atoms with E-state index in [1.165, 1.54) is 47.7 Å². The van der Waals surface area contributed by atoms with Gasteiger partial charge >= 0.3 is 0 Å². The maximum atomic E-state index is 13.0. The summed E-state index contributed by atoms with van der Waals surface area (Å²) < 4.78 is 32.4. The molecule has 1 aliphatic heterocycles. The SMILES string of the molecule is COc1ccc(S(=O)(=O)N2CCC[C@H](C(=O)NCCSc3ncn[nH]3)C2)cc1Cl. The lowest BCUT2D eigenvalue weighted by molar-refractivity contribution is -0.125. The van der Waals surface area contributed by atoms with E-state index in [1.807, 2.05) is 0 Å². The highest BCUT2D eigenvalue weighted by atomic mass is 35.5. The summed E-state index contributed by atoms with van der Waals surface area (Å²) in [6, 6.07) is 4.36. The number of rotatable bonds is 8. The van der Waals surface area contributed by atoms with Crippen LogP contribution in [-0.2, 0) is 14.8 Å². The van der Waals surface area contributed by atoms with E-state index in [0.717, 1.165) is 0 Å². The molecule has 1 amide bonds. The van der Waals surface area contributed by atoms with Gasteiger partial charge in [0, 0.05) is 25.4 Å². The van der Waals surface area contributed by atoms with Crippen LogP contribution in [0, 0.1) is 5.92 Å². The molecule has 1 saturated heterocycles. The Kier molecular flexibility index (Phi) is 7.38. The molecular formula is C17H22ClN5O4S2. The minimum absolute atomic E-state index is 0.0906. The third-order valence-corrected chi connectivity index (χ3v) is 7.58. The molecule has 12 heteroatoms. The fraction of sp³-hybridized carbons (Fsp3) is 0.471. The molecule has 1 fully saturated rings. The molecule has 1 aromatic heterocycles. The van der Waals surface area contributed by atoms with Crippen LogP contribution in [0.4, 0.5) is 0 Å². The average molecular weight is 460 g/mol. The first kappa shape index (κ1) is 21.9. The Labute approximate surface area is 178 Å². The number of nitrogens with zero attached hydrogens (tertiary/aromatic N) is 3. The molecule has 2 N–H and O–H groups in total. The van der Waals surface area contributed by atoms with E-state index in [1.54, 1.807) is 0 Å². The highest BCUT2D eigenvalue weighted by molar-refractivity contribution is 7.99. The number of hydrogen-bond acceptors (Lipinski definition) is 7. The number of carbonyl (C=O) groups is 1. The summed E-state index contributed by atoms with van der Waals surface area (Å²) in [5, 5.41) is 10.3. The van der Waals surface area contributed by atoms with Crippen molar-refractivity contribution in [1.29, 1.82) is 0 Å². The van der Waals surface area contributed by atoms with Gasteiger partial charge in [0.25, 0.3) is 0 Å². The van der Waals surface area contributed by atoms with Crippen molar-refractivity contribution in [3.05, 3.63) is 29.5 Å². The third kappa shape index (κ3) is 5.41. The van der Waals surface area contributed by atoms with Crippen LogP contribution in [0.2, 0.25) is 5.02 Å². The second kappa shape index (κ2) is 9.79. The van der Waals surface area contributed by atoms with E-state index in [-0.39, 0.29) is 28.3 Å². The first-order chi connectivity index (χ1) is 13.9. The van der Waals surface area contributed by atoms with Crippen molar-refractivity contribution >= 4 is 39.3 Å². The number of piperidine rings is 1. The third-order valence-electron chi connectivity index (χ3n) is 4.55. The van der Waals surface area contributed by atoms with Gasteiger partial charge in [-0.05, 0) is 31.0 Å². The molecule has 1 atom stereocenters. The number of sulfonamides is 1. The molecule has 29 heavy (non-hydrogen) atoms. The summed E-state index contributed by atoms with van der Waals surface area (Å²) in [6.45, 7) is 0.978. The van der Waals surface area contributed by atoms with E-state index >= 15 is 0 Å². The highest BCUT2D eigenvalue weighted by Gasteiger charge is 2.33. The van der Waals surface area contributed by atoms with Crippen LogP contribution in [0.25, 0.3) is 0 Å². The van der Waals surface area contributed by atoms with Crippen LogP contribution in [0.5, 0.6) is 5.75 Å². The average Bonchev–Trinajstić information content (AvgIpc) is 3.24. The molecule has 9 nitrogen and oxygen atoms in total. The number of thioether (sulfide) groups is 1. The first-order valence-electron chi connectivity index (χ1n) is 9.01. The molecule has 3 rings (SSSR count). The summed E-state index contributed by atoms with van der Waals surface area (Å²) >= 11 is 7.53. The van der Waals surface area contributed by atoms with Gasteiger partial charge in [-0.15, -0.1) is 0 Å². The Balaban J connectivity index is 1.57. The second-order valence-corrected chi connectivity index (χ2v) is 9.86. The molecule has 0 aliphatic carbocycles. The molecule has 0 unspecified atom stereocenters. The number of hydrogen-bond donors (Lipinski definition) is 2. The Morgan fingerprint density at radius 2 is 2.31 bits per heavy atom. The largest absolute Gasteiger partial charge is 0.495 e. The highest BCUT2D eigenvalue weighted by Crippen LogP contribution is 2.30. The fourth-order valence-electron chi connectivity index (χ4n) is 3.06. The lowest BCUT2D eigenvalue weighted by atomic mass is 9.99. The van der Waals surface area contributed by atoms with E-state index in [4.69, 9.17) is 16.3 Å². The molecule has 2 aromatic rings. The predicted molar refractivity (Wildman–Crippen MR) is 110 cm³/mol. The quantitative estimate of drug-likeness (QED) is 0.456. The Hall–Kier alpha value is -1.82. The van der Waals surface area contributed by atoms with Gasteiger partial charge in [0.1, 0.15) is 12.1 Å². The lowest BCUT2D eigenvalue weighted by Gasteiger charge is -2.31. The van der Waals surface area contributed by atoms with Crippen molar-refractivity contribution < 1.29 is 17.9 Å². The van der Waals surface area contributed by atoms with Crippen molar-refractivity contribution in [3.63, 3.8) is 0 Å². The van der Waals surface area contributed by atoms with Gasteiger partial charge in [-0.1, -0.05) is 23.4 Å². The van der Waals surface area contributed by atoms with Crippen LogP contribution in [-0.4, -0.2) is 66.3 Å². The number of nitrogens with one attached hydrogen (secondary N) is 2. The van der Waals surface area contributed by atoms with E-state index in [2.05, 4.69) is 20.5 Å². The normalized spacial score (nSPS) is 17.8. The number of halogens is 1. The number of benzene rings is 1. The molecule has 2 heterocycles. The van der Waals surface area contributed by atoms with Crippen LogP contribution >= 0.6 is 23.4 Å². The lowest BCUT2D eigenvalue weighted by Crippen LogP contribution is -2.45. The summed E-state index contributed by atoms with van der Waals surface area (Å²) in [6.07, 6.45) is 2.69. The fourth-order valence-corrected chi connectivity index (χ4v) is 5.57. The van der Waals surface area contributed by atoms with Crippen LogP contribution in [0.15, 0.2) is 34.6 Å². The smallest absolute Gasteiger partial charge is 0.243 e. The zero-order chi connectivity index (χ0) is 20.9. The standard InChI is InChI=1S/C17H22ClN5O4S2/c1-27-15-5-4-13(9-14(15)18)29(25,26)23-7-2-3-12(10-23)16(24)19-6-8-28-17-20-11-21-22-17/h4-5,9,11-12H,2-3,6-8,10H2,1H3,(H,19,24)(H,20,21,22)/t12-/m0/s1. The topological polar surface area (TPSA) is 117 Å². The van der Waals surface area contributed by atoms with Gasteiger partial charge in [0.15, 0.2) is 5.16 Å². The Morgan fingerprint density at radius 1 is 1.48 bits per heavy atom. The Morgan fingerprint density at radius 3 is 3.00 bits per heavy atom. The van der Waals surface area contributed by atoms with E-state index in [0.29, 0.717) is 42.6 Å². The van der Waals surface area contributed by atoms with Gasteiger partial charge in [0.2, 0.25) is 15.9 Å². The monoisotopic (exact) mass is 459 g/mol. The van der Waals surface area contributed by atoms with Gasteiger partial charge in [-0.25, -0.2) is 13.4 Å². The maximum Gasteiger partial charge on any atom is 0.243 e. The zero-order valence-corrected chi connectivity index (χ0v) is 18.2. The molecule has 0 bridgehead atoms. The van der Waals surface area contributed by atoms with E-state index in [9.17, 15) is 13.2 Å². The summed E-state index contributed by atoms with van der Waals surface area (Å²) in [4.78, 5) is 16.6. The molecule has 0 radical (unpaired) electrons. The van der Waals surface area contributed by atoms with Crippen molar-refractivity contribution in [2.24, 2.45) is 5.92 Å². The minimum Gasteiger partial charge on any atom is -0.495 e. The number of aromatic amines is 1. The van der Waals surface area contributed by atoms with Crippen LogP contribution in [0.1, 0.15) is 12.8 Å². The van der Waals surface area contributed by atoms with Crippen molar-refractivity contribution in [3.8, 4) is 5.75 Å². The van der Waals surface area contributed by atoms with Gasteiger partial charge in [-0.2, -0.15) is 9.40 Å². The number of aromatic nitrogens is 3. The van der Waals surface area contributed by atoms with E-state index < -0.39 is 10.0 Å². The van der Waals surface area contributed by atoms with Crippen LogP contribution < -0.4 is 10.1 Å². The molecular weight excluding hydrogens is 438 g/mol. The van der Waals surface area contributed by atoms with Crippen LogP contribution in [0.3, 0.4) is 0 Å². The molecule has 0 spiro atoms. The van der Waals surface area contributed by atoms with Crippen molar-refractivity contribution in [1.82, 2.24) is 24.8 Å². The van der Waals surface area contributed by atoms with Gasteiger partial charge in [0.05, 0.1) is 22.9 Å². The number of ether oxygens (including phenoxy) is 1. The second-order valence-electron chi connectivity index (χ2n) is 6.43. The summed E-state index contributed by atoms with van der Waals surface area (Å²) in [5.74, 6) is 0.517. The van der Waals surface area contributed by atoms with Crippen molar-refractivity contribution in [2.45, 2.75) is 22.9 Å². The molecule has 158 valence electrons. The predicted octanol–water partition coefficient (Wildman–Crippen LogP) is 1.78. The number of methoxy groups -OCH3 is 1. The zero-order valence-electron chi connectivity index (χ0n) is 15.8. The minimum atomic E-state index is -3.74. The number of H-pyrrole nitrogens is 1. The Bertz CT molecular complexity index is 939. The van der Waals surface area contributed by atoms with Crippen molar-refractivity contribution in [2.75, 3.05) is 32.5 Å². The molecule has 1 aromatic carbocycles. The number of carbonyl (C=O) groups excluding carboxylic acids is 1. The maximum absolute atomic E-state index is 13.0. The first-order valence-corrected chi connectivity index (χ1v) is 11.8. The number of amides is 1. The molecule has 1 aliphatic rings.